The molecule has 1 heterocycles. The molecule has 0 aliphatic carbocycles. The first kappa shape index (κ1) is 26.7. The first-order valence-corrected chi connectivity index (χ1v) is 12.9. The molecule has 1 aliphatic heterocycles. The van der Waals surface area contributed by atoms with E-state index in [0.717, 1.165) is 48.3 Å². The van der Waals surface area contributed by atoms with Crippen molar-refractivity contribution in [2.45, 2.75) is 90.7 Å². The maximum Gasteiger partial charge on any atom is 0.137 e. The number of hydrogen-bond donors (Lipinski definition) is 1. The van der Waals surface area contributed by atoms with E-state index in [0.29, 0.717) is 6.54 Å². The monoisotopic (exact) mass is 470 g/mol. The van der Waals surface area contributed by atoms with Gasteiger partial charge in [-0.05, 0) is 65.8 Å². The van der Waals surface area contributed by atoms with Gasteiger partial charge in [0.25, 0.3) is 0 Å². The van der Waals surface area contributed by atoms with Gasteiger partial charge in [-0.15, -0.1) is 0 Å². The highest BCUT2D eigenvalue weighted by Crippen LogP contribution is 2.35. The van der Waals surface area contributed by atoms with Crippen molar-refractivity contribution in [3.63, 3.8) is 0 Å². The van der Waals surface area contributed by atoms with Gasteiger partial charge in [0.15, 0.2) is 0 Å². The molecule has 34 heavy (non-hydrogen) atoms. The number of rotatable bonds is 7. The molecule has 1 N–H and O–H groups in total. The molecule has 0 amide bonds. The first-order chi connectivity index (χ1) is 15.9. The van der Waals surface area contributed by atoms with E-state index in [1.54, 1.807) is 12.1 Å². The zero-order chi connectivity index (χ0) is 25.0. The number of likely N-dealkylation sites (tertiary alicyclic amines) is 1. The van der Waals surface area contributed by atoms with Crippen molar-refractivity contribution in [3.8, 4) is 5.75 Å². The predicted octanol–water partition coefficient (Wildman–Crippen LogP) is 6.75. The average Bonchev–Trinajstić information content (AvgIpc) is 2.98. The van der Waals surface area contributed by atoms with Crippen LogP contribution in [-0.2, 0) is 17.4 Å². The smallest absolute Gasteiger partial charge is 0.137 e. The van der Waals surface area contributed by atoms with Crippen LogP contribution in [0.1, 0.15) is 83.9 Å². The molecule has 0 bridgehead atoms. The van der Waals surface area contributed by atoms with Crippen LogP contribution in [0.3, 0.4) is 0 Å². The fourth-order valence-corrected chi connectivity index (χ4v) is 5.14. The lowest BCUT2D eigenvalue weighted by atomic mass is 9.80. The number of quaternary nitrogens is 1. The molecule has 2 aromatic carbocycles. The zero-order valence-electron chi connectivity index (χ0n) is 22.2. The molecule has 1 aliphatic rings. The molecule has 0 aromatic heterocycles. The molecule has 2 aromatic rings. The highest BCUT2D eigenvalue weighted by Gasteiger charge is 2.32. The standard InChI is InChI=1S/C30H45FNO2/c1-29(2,3)24-13-16-28(27(19-24)30(4,5)6)34-22-26(33)21-32(17-9-7-8-10-18-32)20-23-11-14-25(31)15-12-23/h11-16,19,26,33H,7-10,17-18,20-22H2,1-6H3/q+1. The second kappa shape index (κ2) is 10.8. The Kier molecular flexibility index (Phi) is 8.47. The Morgan fingerprint density at radius 3 is 2.06 bits per heavy atom. The third-order valence-electron chi connectivity index (χ3n) is 7.13. The van der Waals surface area contributed by atoms with E-state index in [1.165, 1.54) is 24.0 Å². The van der Waals surface area contributed by atoms with E-state index in [-0.39, 0.29) is 23.3 Å². The molecule has 1 saturated heterocycles. The third-order valence-corrected chi connectivity index (χ3v) is 7.13. The summed E-state index contributed by atoms with van der Waals surface area (Å²) in [5, 5.41) is 11.1. The van der Waals surface area contributed by atoms with Gasteiger partial charge < -0.3 is 14.3 Å². The second-order valence-electron chi connectivity index (χ2n) is 12.3. The van der Waals surface area contributed by atoms with Crippen LogP contribution < -0.4 is 4.74 Å². The average molecular weight is 471 g/mol. The van der Waals surface area contributed by atoms with Gasteiger partial charge in [-0.1, -0.05) is 65.8 Å². The molecule has 188 valence electrons. The van der Waals surface area contributed by atoms with Crippen LogP contribution in [0.25, 0.3) is 0 Å². The lowest BCUT2D eigenvalue weighted by molar-refractivity contribution is -0.942. The molecular weight excluding hydrogens is 425 g/mol. The molecule has 0 spiro atoms. The SMILES string of the molecule is CC(C)(C)c1ccc(OCC(O)C[N+]2(Cc3ccc(F)cc3)CCCCCC2)c(C(C)(C)C)c1. The summed E-state index contributed by atoms with van der Waals surface area (Å²) in [6.45, 7) is 17.1. The molecule has 1 unspecified atom stereocenters. The lowest BCUT2D eigenvalue weighted by Gasteiger charge is -2.39. The summed E-state index contributed by atoms with van der Waals surface area (Å²) in [6.07, 6.45) is 4.25. The number of nitrogens with zero attached hydrogens (tertiary/aromatic N) is 1. The summed E-state index contributed by atoms with van der Waals surface area (Å²) >= 11 is 0. The predicted molar refractivity (Wildman–Crippen MR) is 139 cm³/mol. The van der Waals surface area contributed by atoms with Crippen LogP contribution in [0.4, 0.5) is 4.39 Å². The van der Waals surface area contributed by atoms with Crippen molar-refractivity contribution < 1.29 is 18.7 Å². The van der Waals surface area contributed by atoms with Gasteiger partial charge in [0.2, 0.25) is 0 Å². The Balaban J connectivity index is 1.74. The van der Waals surface area contributed by atoms with Crippen molar-refractivity contribution in [3.05, 3.63) is 65.0 Å². The number of hydrogen-bond acceptors (Lipinski definition) is 2. The Labute approximate surface area is 206 Å². The Morgan fingerprint density at radius 2 is 1.50 bits per heavy atom. The van der Waals surface area contributed by atoms with Crippen molar-refractivity contribution in [1.29, 1.82) is 0 Å². The second-order valence-corrected chi connectivity index (χ2v) is 12.3. The van der Waals surface area contributed by atoms with Crippen LogP contribution in [0.5, 0.6) is 5.75 Å². The Bertz CT molecular complexity index is 916. The van der Waals surface area contributed by atoms with Gasteiger partial charge in [0.1, 0.15) is 37.4 Å². The summed E-state index contributed by atoms with van der Waals surface area (Å²) in [6, 6.07) is 13.3. The van der Waals surface area contributed by atoms with E-state index in [4.69, 9.17) is 4.74 Å². The van der Waals surface area contributed by atoms with Crippen molar-refractivity contribution in [1.82, 2.24) is 0 Å². The van der Waals surface area contributed by atoms with Crippen LogP contribution in [0.2, 0.25) is 0 Å². The van der Waals surface area contributed by atoms with Crippen LogP contribution in [-0.4, -0.2) is 41.9 Å². The van der Waals surface area contributed by atoms with Crippen LogP contribution in [0.15, 0.2) is 42.5 Å². The van der Waals surface area contributed by atoms with E-state index in [1.807, 2.05) is 12.1 Å². The summed E-state index contributed by atoms with van der Waals surface area (Å²) in [5.74, 6) is 0.659. The number of halogens is 1. The van der Waals surface area contributed by atoms with Gasteiger partial charge in [-0.25, -0.2) is 4.39 Å². The maximum absolute atomic E-state index is 13.4. The highest BCUT2D eigenvalue weighted by molar-refractivity contribution is 5.43. The molecule has 0 radical (unpaired) electrons. The molecule has 1 atom stereocenters. The Hall–Kier alpha value is -1.91. The van der Waals surface area contributed by atoms with Gasteiger partial charge in [-0.3, -0.25) is 0 Å². The molecule has 0 saturated carbocycles. The normalized spacial score (nSPS) is 17.8. The molecular formula is C30H45FNO2+. The minimum absolute atomic E-state index is 0.0529. The molecule has 3 nitrogen and oxygen atoms in total. The quantitative estimate of drug-likeness (QED) is 0.454. The number of aliphatic hydroxyl groups excluding tert-OH is 1. The minimum atomic E-state index is -0.561. The minimum Gasteiger partial charge on any atom is -0.490 e. The van der Waals surface area contributed by atoms with E-state index < -0.39 is 6.10 Å². The van der Waals surface area contributed by atoms with Crippen LogP contribution in [0, 0.1) is 5.82 Å². The largest absolute Gasteiger partial charge is 0.490 e. The van der Waals surface area contributed by atoms with Gasteiger partial charge in [0.05, 0.1) is 13.1 Å². The molecule has 4 heteroatoms. The van der Waals surface area contributed by atoms with E-state index in [2.05, 4.69) is 59.7 Å². The summed E-state index contributed by atoms with van der Waals surface area (Å²) in [5.41, 5.74) is 3.62. The van der Waals surface area contributed by atoms with Crippen molar-refractivity contribution in [2.75, 3.05) is 26.2 Å². The van der Waals surface area contributed by atoms with Gasteiger partial charge in [0, 0.05) is 5.56 Å². The number of ether oxygens (including phenoxy) is 1. The number of benzene rings is 2. The Morgan fingerprint density at radius 1 is 0.882 bits per heavy atom. The highest BCUT2D eigenvalue weighted by atomic mass is 19.1. The molecule has 3 rings (SSSR count). The van der Waals surface area contributed by atoms with Crippen LogP contribution >= 0.6 is 0 Å². The lowest BCUT2D eigenvalue weighted by Crippen LogP contribution is -2.53. The van der Waals surface area contributed by atoms with Gasteiger partial charge >= 0.3 is 0 Å². The summed E-state index contributed by atoms with van der Waals surface area (Å²) in [4.78, 5) is 0. The van der Waals surface area contributed by atoms with Gasteiger partial charge in [-0.2, -0.15) is 0 Å². The first-order valence-electron chi connectivity index (χ1n) is 12.9. The topological polar surface area (TPSA) is 29.5 Å². The third kappa shape index (κ3) is 7.29. The zero-order valence-corrected chi connectivity index (χ0v) is 22.2. The van der Waals surface area contributed by atoms with Crippen molar-refractivity contribution in [2.24, 2.45) is 0 Å². The number of aliphatic hydroxyl groups is 1. The van der Waals surface area contributed by atoms with Crippen molar-refractivity contribution >= 4 is 0 Å². The summed E-state index contributed by atoms with van der Waals surface area (Å²) in [7, 11) is 0. The fraction of sp³-hybridized carbons (Fsp3) is 0.600. The molecule has 1 fully saturated rings. The maximum atomic E-state index is 13.4. The fourth-order valence-electron chi connectivity index (χ4n) is 5.14. The summed E-state index contributed by atoms with van der Waals surface area (Å²) < 4.78 is 20.5. The van der Waals surface area contributed by atoms with E-state index >= 15 is 0 Å². The van der Waals surface area contributed by atoms with E-state index in [9.17, 15) is 9.50 Å².